The van der Waals surface area contributed by atoms with Gasteiger partial charge in [0.2, 0.25) is 5.91 Å². The summed E-state index contributed by atoms with van der Waals surface area (Å²) in [5.41, 5.74) is 0. The molecule has 0 spiro atoms. The average Bonchev–Trinajstić information content (AvgIpc) is 3.35. The zero-order valence-corrected chi connectivity index (χ0v) is 47.8. The molecule has 70 heavy (non-hydrogen) atoms. The van der Waals surface area contributed by atoms with E-state index in [0.29, 0.717) is 57.4 Å². The van der Waals surface area contributed by atoms with Crippen molar-refractivity contribution in [1.82, 2.24) is 15.1 Å². The number of imide groups is 1. The van der Waals surface area contributed by atoms with Gasteiger partial charge in [0, 0.05) is 32.4 Å². The Bertz CT molecular complexity index is 1120. The fourth-order valence-corrected chi connectivity index (χ4v) is 10.1. The SMILES string of the molecule is CCCCCCCCC(CCCCCC)COC(=O)CCCCCCCC(CCCCCCCC(=O)OCC(CCCCCC)CCCCCCCC)CC(=O)N(CCCN(CC)CC)C(=O)NCC. The molecule has 9 heteroatoms. The summed E-state index contributed by atoms with van der Waals surface area (Å²) >= 11 is 0. The fraction of sp³-hybridized carbons (Fsp3) is 0.934. The molecule has 9 nitrogen and oxygen atoms in total. The minimum absolute atomic E-state index is 0.0375. The molecule has 0 aromatic heterocycles. The predicted octanol–water partition coefficient (Wildman–Crippen LogP) is 17.5. The van der Waals surface area contributed by atoms with E-state index >= 15 is 0 Å². The van der Waals surface area contributed by atoms with Gasteiger partial charge < -0.3 is 19.7 Å². The molecule has 0 aliphatic carbocycles. The van der Waals surface area contributed by atoms with E-state index in [4.69, 9.17) is 9.47 Å². The van der Waals surface area contributed by atoms with E-state index in [1.807, 2.05) is 6.92 Å². The van der Waals surface area contributed by atoms with Crippen LogP contribution in [0.15, 0.2) is 0 Å². The van der Waals surface area contributed by atoms with Gasteiger partial charge in [0.25, 0.3) is 0 Å². The maximum Gasteiger partial charge on any atom is 0.324 e. The van der Waals surface area contributed by atoms with Crippen LogP contribution >= 0.6 is 0 Å². The van der Waals surface area contributed by atoms with E-state index in [0.717, 1.165) is 103 Å². The Kier molecular flexibility index (Phi) is 50.1. The van der Waals surface area contributed by atoms with Crippen molar-refractivity contribution in [3.8, 4) is 0 Å². The van der Waals surface area contributed by atoms with Crippen LogP contribution in [0.3, 0.4) is 0 Å². The first-order valence-corrected chi connectivity index (χ1v) is 30.8. The van der Waals surface area contributed by atoms with Crippen molar-refractivity contribution in [2.24, 2.45) is 17.8 Å². The van der Waals surface area contributed by atoms with Crippen LogP contribution in [0.25, 0.3) is 0 Å². The van der Waals surface area contributed by atoms with Gasteiger partial charge in [-0.25, -0.2) is 4.79 Å². The largest absolute Gasteiger partial charge is 0.465 e. The van der Waals surface area contributed by atoms with Crippen LogP contribution in [0.2, 0.25) is 0 Å². The summed E-state index contributed by atoms with van der Waals surface area (Å²) in [5.74, 6) is 1.09. The quantitative estimate of drug-likeness (QED) is 0.0478. The number of rotatable bonds is 53. The van der Waals surface area contributed by atoms with Crippen molar-refractivity contribution in [2.45, 2.75) is 305 Å². The Hall–Kier alpha value is -2.16. The number of ether oxygens (including phenoxy) is 2. The van der Waals surface area contributed by atoms with Gasteiger partial charge in [0.1, 0.15) is 0 Å². The topological polar surface area (TPSA) is 105 Å². The molecule has 0 aromatic rings. The Labute approximate surface area is 435 Å². The second-order valence-corrected chi connectivity index (χ2v) is 21.4. The maximum atomic E-state index is 13.9. The zero-order valence-electron chi connectivity index (χ0n) is 47.8. The number of carbonyl (C=O) groups is 4. The number of hydrogen-bond donors (Lipinski definition) is 1. The number of urea groups is 1. The minimum atomic E-state index is -0.275. The van der Waals surface area contributed by atoms with Crippen LogP contribution in [0.5, 0.6) is 0 Å². The lowest BCUT2D eigenvalue weighted by Crippen LogP contribution is -2.45. The van der Waals surface area contributed by atoms with Crippen molar-refractivity contribution < 1.29 is 28.7 Å². The highest BCUT2D eigenvalue weighted by Crippen LogP contribution is 2.25. The zero-order chi connectivity index (χ0) is 51.6. The summed E-state index contributed by atoms with van der Waals surface area (Å²) < 4.78 is 11.7. The monoisotopic (exact) mass is 990 g/mol. The number of amides is 3. The Morgan fingerprint density at radius 2 is 0.714 bits per heavy atom. The van der Waals surface area contributed by atoms with E-state index in [1.165, 1.54) is 159 Å². The van der Waals surface area contributed by atoms with Crippen molar-refractivity contribution in [3.63, 3.8) is 0 Å². The van der Waals surface area contributed by atoms with Crippen molar-refractivity contribution in [3.05, 3.63) is 0 Å². The fourth-order valence-electron chi connectivity index (χ4n) is 10.1. The van der Waals surface area contributed by atoms with Crippen molar-refractivity contribution in [2.75, 3.05) is 45.9 Å². The number of nitrogens with zero attached hydrogens (tertiary/aromatic N) is 2. The van der Waals surface area contributed by atoms with Crippen molar-refractivity contribution >= 4 is 23.9 Å². The van der Waals surface area contributed by atoms with Crippen LogP contribution in [0.1, 0.15) is 305 Å². The Balaban J connectivity index is 5.07. The minimum Gasteiger partial charge on any atom is -0.465 e. The number of hydrogen-bond acceptors (Lipinski definition) is 7. The summed E-state index contributed by atoms with van der Waals surface area (Å²) in [5, 5.41) is 2.89. The lowest BCUT2D eigenvalue weighted by atomic mass is 9.91. The molecular formula is C61H119N3O6. The highest BCUT2D eigenvalue weighted by Gasteiger charge is 2.24. The van der Waals surface area contributed by atoms with E-state index in [9.17, 15) is 19.2 Å². The molecule has 3 amide bonds. The van der Waals surface area contributed by atoms with Gasteiger partial charge in [0.05, 0.1) is 13.2 Å². The third kappa shape index (κ3) is 42.4. The van der Waals surface area contributed by atoms with Gasteiger partial charge in [-0.3, -0.25) is 19.3 Å². The standard InChI is InChI=1S/C61H119N3O6/c1-8-15-19-23-27-37-46-56(44-33-21-17-10-3)53-69-59(66)48-39-31-25-29-35-42-55(52-58(65)64(61(68)62-12-5)51-41-50-63(13-6)14-7)43-36-30-26-32-40-49-60(67)70-54-57(45-34-22-18-11-4)47-38-28-24-20-16-9-2/h55-57H,8-54H2,1-7H3,(H,62,68). The number of unbranched alkanes of at least 4 members (excludes halogenated alkanes) is 24. The van der Waals surface area contributed by atoms with Gasteiger partial charge >= 0.3 is 18.0 Å². The number of nitrogens with one attached hydrogen (secondary N) is 1. The molecule has 0 aliphatic rings. The molecule has 1 N–H and O–H groups in total. The first-order chi connectivity index (χ1) is 34.2. The van der Waals surface area contributed by atoms with Gasteiger partial charge in [-0.2, -0.15) is 0 Å². The highest BCUT2D eigenvalue weighted by molar-refractivity contribution is 5.94. The van der Waals surface area contributed by atoms with E-state index in [-0.39, 0.29) is 29.8 Å². The number of carbonyl (C=O) groups excluding carboxylic acids is 4. The average molecular weight is 991 g/mol. The molecule has 2 atom stereocenters. The molecule has 0 rings (SSSR count). The van der Waals surface area contributed by atoms with E-state index in [2.05, 4.69) is 51.8 Å². The normalized spacial score (nSPS) is 12.8. The summed E-state index contributed by atoms with van der Waals surface area (Å²) in [7, 11) is 0. The van der Waals surface area contributed by atoms with Gasteiger partial charge in [-0.05, 0) is 102 Å². The van der Waals surface area contributed by atoms with Crippen LogP contribution in [-0.4, -0.2) is 79.6 Å². The number of esters is 2. The summed E-state index contributed by atoms with van der Waals surface area (Å²) in [6, 6.07) is -0.275. The Morgan fingerprint density at radius 3 is 1.07 bits per heavy atom. The van der Waals surface area contributed by atoms with Crippen molar-refractivity contribution in [1.29, 1.82) is 0 Å². The van der Waals surface area contributed by atoms with Crippen LogP contribution in [0.4, 0.5) is 4.79 Å². The molecular weight excluding hydrogens is 871 g/mol. The lowest BCUT2D eigenvalue weighted by Gasteiger charge is -2.25. The molecule has 414 valence electrons. The first kappa shape index (κ1) is 67.8. The molecule has 0 saturated heterocycles. The van der Waals surface area contributed by atoms with Gasteiger partial charge in [-0.1, -0.05) is 221 Å². The highest BCUT2D eigenvalue weighted by atomic mass is 16.5. The first-order valence-electron chi connectivity index (χ1n) is 30.8. The predicted molar refractivity (Wildman–Crippen MR) is 298 cm³/mol. The molecule has 0 bridgehead atoms. The van der Waals surface area contributed by atoms with Gasteiger partial charge in [0.15, 0.2) is 0 Å². The smallest absolute Gasteiger partial charge is 0.324 e. The lowest BCUT2D eigenvalue weighted by molar-refractivity contribution is -0.146. The second kappa shape index (κ2) is 51.7. The molecule has 2 unspecified atom stereocenters. The molecule has 0 fully saturated rings. The Morgan fingerprint density at radius 1 is 0.386 bits per heavy atom. The third-order valence-electron chi connectivity index (χ3n) is 14.9. The van der Waals surface area contributed by atoms with Crippen LogP contribution in [0, 0.1) is 17.8 Å². The van der Waals surface area contributed by atoms with Gasteiger partial charge in [-0.15, -0.1) is 0 Å². The van der Waals surface area contributed by atoms with Crippen LogP contribution < -0.4 is 5.32 Å². The van der Waals surface area contributed by atoms with Crippen LogP contribution in [-0.2, 0) is 23.9 Å². The molecule has 0 aliphatic heterocycles. The second-order valence-electron chi connectivity index (χ2n) is 21.4. The third-order valence-corrected chi connectivity index (χ3v) is 14.9. The molecule has 0 radical (unpaired) electrons. The maximum absolute atomic E-state index is 13.9. The molecule has 0 heterocycles. The molecule has 0 saturated carbocycles. The summed E-state index contributed by atoms with van der Waals surface area (Å²) in [4.78, 5) is 56.4. The van der Waals surface area contributed by atoms with E-state index in [1.54, 1.807) is 0 Å². The molecule has 0 aromatic carbocycles. The summed E-state index contributed by atoms with van der Waals surface area (Å²) in [6.07, 6.45) is 44.7. The summed E-state index contributed by atoms with van der Waals surface area (Å²) in [6.45, 7) is 20.1. The van der Waals surface area contributed by atoms with E-state index < -0.39 is 0 Å².